The van der Waals surface area contributed by atoms with E-state index in [0.29, 0.717) is 22.3 Å². The van der Waals surface area contributed by atoms with Gasteiger partial charge in [-0.05, 0) is 20.8 Å². The van der Waals surface area contributed by atoms with Gasteiger partial charge in [0.2, 0.25) is 5.88 Å². The molecule has 2 aromatic rings. The van der Waals surface area contributed by atoms with Crippen molar-refractivity contribution in [2.75, 3.05) is 5.73 Å². The zero-order valence-electron chi connectivity index (χ0n) is 10.5. The fourth-order valence-corrected chi connectivity index (χ4v) is 1.71. The molecule has 0 radical (unpaired) electrons. The first-order valence-electron chi connectivity index (χ1n) is 5.62. The molecule has 0 aromatic carbocycles. The van der Waals surface area contributed by atoms with E-state index in [9.17, 15) is 0 Å². The van der Waals surface area contributed by atoms with Crippen LogP contribution in [0.2, 0.25) is 5.02 Å². The second-order valence-electron chi connectivity index (χ2n) is 4.28. The number of pyridine rings is 1. The topological polar surface area (TPSA) is 66.0 Å². The molecule has 2 rings (SSSR count). The van der Waals surface area contributed by atoms with Crippen LogP contribution in [0, 0.1) is 6.92 Å². The summed E-state index contributed by atoms with van der Waals surface area (Å²) in [5, 5.41) is 4.85. The number of nitrogen functional groups attached to an aromatic ring is 1. The highest BCUT2D eigenvalue weighted by atomic mass is 35.5. The number of halogens is 1. The molecule has 0 aliphatic heterocycles. The maximum atomic E-state index is 5.97. The van der Waals surface area contributed by atoms with E-state index in [4.69, 9.17) is 22.1 Å². The maximum absolute atomic E-state index is 5.97. The largest absolute Gasteiger partial charge is 0.436 e. The van der Waals surface area contributed by atoms with Gasteiger partial charge in [-0.15, -0.1) is 0 Å². The Balaban J connectivity index is 2.39. The van der Waals surface area contributed by atoms with Gasteiger partial charge in [0.05, 0.1) is 23.0 Å². The second-order valence-corrected chi connectivity index (χ2v) is 4.72. The number of anilines is 1. The Kier molecular flexibility index (Phi) is 3.43. The van der Waals surface area contributed by atoms with Crippen LogP contribution in [-0.4, -0.2) is 14.8 Å². The first-order chi connectivity index (χ1) is 8.49. The van der Waals surface area contributed by atoms with E-state index in [1.54, 1.807) is 23.1 Å². The molecule has 5 nitrogen and oxygen atoms in total. The fraction of sp³-hybridized carbons (Fsp3) is 0.333. The predicted molar refractivity (Wildman–Crippen MR) is 71.1 cm³/mol. The Bertz CT molecular complexity index is 565. The highest BCUT2D eigenvalue weighted by Gasteiger charge is 2.17. The minimum Gasteiger partial charge on any atom is -0.436 e. The van der Waals surface area contributed by atoms with Gasteiger partial charge in [0.1, 0.15) is 11.4 Å². The summed E-state index contributed by atoms with van der Waals surface area (Å²) >= 11 is 5.86. The van der Waals surface area contributed by atoms with Gasteiger partial charge in [-0.3, -0.25) is 4.98 Å². The molecule has 6 heteroatoms. The Morgan fingerprint density at radius 1 is 1.39 bits per heavy atom. The van der Waals surface area contributed by atoms with Crippen molar-refractivity contribution in [3.05, 3.63) is 29.2 Å². The summed E-state index contributed by atoms with van der Waals surface area (Å²) in [6.45, 7) is 5.86. The molecule has 0 aliphatic carbocycles. The van der Waals surface area contributed by atoms with E-state index in [1.807, 2.05) is 20.8 Å². The third kappa shape index (κ3) is 2.41. The van der Waals surface area contributed by atoms with Crippen LogP contribution in [0.25, 0.3) is 0 Å². The van der Waals surface area contributed by atoms with Crippen LogP contribution in [-0.2, 0) is 0 Å². The fourth-order valence-electron chi connectivity index (χ4n) is 1.55. The minimum atomic E-state index is 0.156. The zero-order chi connectivity index (χ0) is 13.3. The molecule has 96 valence electrons. The monoisotopic (exact) mass is 266 g/mol. The Morgan fingerprint density at radius 2 is 2.11 bits per heavy atom. The SMILES string of the molecule is Cc1nn(C(C)C)c(Oc2cncc(Cl)c2)c1N. The summed E-state index contributed by atoms with van der Waals surface area (Å²) in [6.07, 6.45) is 3.13. The quantitative estimate of drug-likeness (QED) is 0.926. The smallest absolute Gasteiger partial charge is 0.241 e. The number of aromatic nitrogens is 3. The number of nitrogens with zero attached hydrogens (tertiary/aromatic N) is 3. The first kappa shape index (κ1) is 12.7. The lowest BCUT2D eigenvalue weighted by Gasteiger charge is -2.12. The summed E-state index contributed by atoms with van der Waals surface area (Å²) in [6, 6.07) is 1.84. The Labute approximate surface area is 111 Å². The van der Waals surface area contributed by atoms with Crippen molar-refractivity contribution in [3.63, 3.8) is 0 Å². The number of nitrogens with two attached hydrogens (primary N) is 1. The third-order valence-electron chi connectivity index (χ3n) is 2.47. The van der Waals surface area contributed by atoms with Crippen LogP contribution in [0.15, 0.2) is 18.5 Å². The molecule has 0 spiro atoms. The standard InChI is InChI=1S/C12H15ClN4O/c1-7(2)17-12(11(14)8(3)16-17)18-10-4-9(13)5-15-6-10/h4-7H,14H2,1-3H3. The molecule has 0 unspecified atom stereocenters. The summed E-state index contributed by atoms with van der Waals surface area (Å²) in [5.74, 6) is 1.06. The highest BCUT2D eigenvalue weighted by molar-refractivity contribution is 6.30. The number of hydrogen-bond donors (Lipinski definition) is 1. The lowest BCUT2D eigenvalue weighted by Crippen LogP contribution is -2.05. The van der Waals surface area contributed by atoms with E-state index in [0.717, 1.165) is 5.69 Å². The van der Waals surface area contributed by atoms with Crippen LogP contribution in [0.1, 0.15) is 25.6 Å². The van der Waals surface area contributed by atoms with Gasteiger partial charge in [-0.1, -0.05) is 11.6 Å². The molecule has 0 bridgehead atoms. The maximum Gasteiger partial charge on any atom is 0.241 e. The number of rotatable bonds is 3. The van der Waals surface area contributed by atoms with Crippen LogP contribution in [0.3, 0.4) is 0 Å². The summed E-state index contributed by atoms with van der Waals surface area (Å²) in [5.41, 5.74) is 7.24. The van der Waals surface area contributed by atoms with Gasteiger partial charge in [0.25, 0.3) is 0 Å². The van der Waals surface area contributed by atoms with Crippen molar-refractivity contribution < 1.29 is 4.74 Å². The molecular formula is C12H15ClN4O. The molecule has 2 aromatic heterocycles. The molecular weight excluding hydrogens is 252 g/mol. The van der Waals surface area contributed by atoms with Crippen molar-refractivity contribution in [3.8, 4) is 11.6 Å². The molecule has 0 saturated heterocycles. The lowest BCUT2D eigenvalue weighted by atomic mass is 10.4. The average Bonchev–Trinajstić information content (AvgIpc) is 2.57. The van der Waals surface area contributed by atoms with Gasteiger partial charge in [0, 0.05) is 12.3 Å². The molecule has 0 amide bonds. The van der Waals surface area contributed by atoms with E-state index < -0.39 is 0 Å². The zero-order valence-corrected chi connectivity index (χ0v) is 11.3. The molecule has 0 aliphatic rings. The Hall–Kier alpha value is -1.75. The normalized spacial score (nSPS) is 10.9. The van der Waals surface area contributed by atoms with Gasteiger partial charge < -0.3 is 10.5 Å². The molecule has 18 heavy (non-hydrogen) atoms. The summed E-state index contributed by atoms with van der Waals surface area (Å²) in [7, 11) is 0. The average molecular weight is 267 g/mol. The highest BCUT2D eigenvalue weighted by Crippen LogP contribution is 2.32. The van der Waals surface area contributed by atoms with Gasteiger partial charge in [-0.25, -0.2) is 4.68 Å². The van der Waals surface area contributed by atoms with Crippen LogP contribution in [0.4, 0.5) is 5.69 Å². The second kappa shape index (κ2) is 4.86. The third-order valence-corrected chi connectivity index (χ3v) is 2.68. The first-order valence-corrected chi connectivity index (χ1v) is 6.00. The van der Waals surface area contributed by atoms with Gasteiger partial charge in [0.15, 0.2) is 0 Å². The van der Waals surface area contributed by atoms with Crippen LogP contribution in [0.5, 0.6) is 11.6 Å². The van der Waals surface area contributed by atoms with Gasteiger partial charge in [-0.2, -0.15) is 5.10 Å². The Morgan fingerprint density at radius 3 is 2.72 bits per heavy atom. The van der Waals surface area contributed by atoms with E-state index >= 15 is 0 Å². The van der Waals surface area contributed by atoms with E-state index in [2.05, 4.69) is 10.1 Å². The van der Waals surface area contributed by atoms with E-state index in [1.165, 1.54) is 0 Å². The van der Waals surface area contributed by atoms with Crippen molar-refractivity contribution in [2.45, 2.75) is 26.8 Å². The summed E-state index contributed by atoms with van der Waals surface area (Å²) < 4.78 is 7.47. The van der Waals surface area contributed by atoms with Crippen molar-refractivity contribution >= 4 is 17.3 Å². The molecule has 0 saturated carbocycles. The summed E-state index contributed by atoms with van der Waals surface area (Å²) in [4.78, 5) is 3.96. The molecule has 2 heterocycles. The van der Waals surface area contributed by atoms with Crippen molar-refractivity contribution in [1.29, 1.82) is 0 Å². The molecule has 0 fully saturated rings. The number of hydrogen-bond acceptors (Lipinski definition) is 4. The molecule has 0 atom stereocenters. The van der Waals surface area contributed by atoms with Crippen molar-refractivity contribution in [2.24, 2.45) is 0 Å². The van der Waals surface area contributed by atoms with E-state index in [-0.39, 0.29) is 6.04 Å². The predicted octanol–water partition coefficient (Wildman–Crippen LogP) is 3.20. The van der Waals surface area contributed by atoms with Crippen LogP contribution >= 0.6 is 11.6 Å². The minimum absolute atomic E-state index is 0.156. The van der Waals surface area contributed by atoms with Crippen LogP contribution < -0.4 is 10.5 Å². The molecule has 2 N–H and O–H groups in total. The lowest BCUT2D eigenvalue weighted by molar-refractivity contribution is 0.388. The van der Waals surface area contributed by atoms with Crippen molar-refractivity contribution in [1.82, 2.24) is 14.8 Å². The number of ether oxygens (including phenoxy) is 1. The van der Waals surface area contributed by atoms with Gasteiger partial charge >= 0.3 is 0 Å². The number of aryl methyl sites for hydroxylation is 1.